The second kappa shape index (κ2) is 12.8. The number of nitriles is 3. The topological polar surface area (TPSA) is 83.8 Å². The van der Waals surface area contributed by atoms with E-state index in [1.165, 1.54) is 75.5 Å². The van der Waals surface area contributed by atoms with E-state index in [1.54, 1.807) is 16.8 Å². The number of hydrogen-bond acceptors (Lipinski definition) is 5. The lowest BCUT2D eigenvalue weighted by atomic mass is 9.69. The minimum atomic E-state index is 0.0407. The van der Waals surface area contributed by atoms with Crippen LogP contribution in [0.2, 0.25) is 0 Å². The standard InChI is InChI=1S/C41H50N4O/c42-23-26-1-6-29(7-2-26)32-12-16-38-36(20-32)37-21-33(30-8-3-27(24-43)4-9-30)13-17-39(37)45(38)35-14-10-31(11-15-35)41-22-34-19-28(25-44)5-18-40(34)46-41/h1,6-8,22,26-28,31-36,38,40H,2-5,9-21H2. The summed E-state index contributed by atoms with van der Waals surface area (Å²) in [6.45, 7) is 0. The Bertz CT molecular complexity index is 1480. The van der Waals surface area contributed by atoms with Crippen molar-refractivity contribution < 1.29 is 4.74 Å². The molecule has 0 aromatic rings. The summed E-state index contributed by atoms with van der Waals surface area (Å²) in [5, 5.41) is 28.4. The zero-order valence-electron chi connectivity index (χ0n) is 27.5. The van der Waals surface area contributed by atoms with Gasteiger partial charge in [0.05, 0.1) is 35.8 Å². The summed E-state index contributed by atoms with van der Waals surface area (Å²) < 4.78 is 6.57. The monoisotopic (exact) mass is 614 g/mol. The quantitative estimate of drug-likeness (QED) is 0.295. The highest BCUT2D eigenvalue weighted by Gasteiger charge is 2.49. The Kier molecular flexibility index (Phi) is 8.36. The van der Waals surface area contributed by atoms with E-state index >= 15 is 0 Å². The number of rotatable bonds is 4. The van der Waals surface area contributed by atoms with Gasteiger partial charge < -0.3 is 9.64 Å². The van der Waals surface area contributed by atoms with Crippen LogP contribution >= 0.6 is 0 Å². The summed E-state index contributed by atoms with van der Waals surface area (Å²) in [6, 6.07) is 8.76. The summed E-state index contributed by atoms with van der Waals surface area (Å²) in [7, 11) is 0. The maximum atomic E-state index is 9.47. The molecule has 0 radical (unpaired) electrons. The van der Waals surface area contributed by atoms with E-state index in [1.807, 2.05) is 0 Å². The van der Waals surface area contributed by atoms with E-state index in [-0.39, 0.29) is 17.8 Å². The summed E-state index contributed by atoms with van der Waals surface area (Å²) >= 11 is 0. The largest absolute Gasteiger partial charge is 0.494 e. The Hall–Kier alpha value is -3.23. The second-order valence-electron chi connectivity index (χ2n) is 16.0. The normalized spacial score (nSPS) is 41.8. The van der Waals surface area contributed by atoms with Crippen molar-refractivity contribution in [2.45, 2.75) is 127 Å². The van der Waals surface area contributed by atoms with E-state index in [0.717, 1.165) is 44.9 Å². The first-order chi connectivity index (χ1) is 22.6. The molecular weight excluding hydrogens is 564 g/mol. The third-order valence-corrected chi connectivity index (χ3v) is 13.6. The van der Waals surface area contributed by atoms with Crippen LogP contribution in [-0.2, 0) is 4.74 Å². The van der Waals surface area contributed by atoms with E-state index < -0.39 is 0 Å². The summed E-state index contributed by atoms with van der Waals surface area (Å²) in [6.07, 6.45) is 31.5. The van der Waals surface area contributed by atoms with Gasteiger partial charge in [-0.3, -0.25) is 0 Å². The molecule has 3 saturated carbocycles. The van der Waals surface area contributed by atoms with Crippen molar-refractivity contribution in [3.63, 3.8) is 0 Å². The molecule has 9 atom stereocenters. The zero-order chi connectivity index (χ0) is 31.2. The maximum Gasteiger partial charge on any atom is 0.105 e. The SMILES string of the molecule is N#CC1C=CC(C2CCC3C(C2)C2=C(CCC(C4=CCC(C#N)CC4)C2)N3C2CCC(C3=CC4CC(C#N)CCC4O3)CC2)=CC1. The molecule has 8 aliphatic rings. The first kappa shape index (κ1) is 30.1. The maximum absolute atomic E-state index is 9.47. The highest BCUT2D eigenvalue weighted by molar-refractivity contribution is 5.36. The summed E-state index contributed by atoms with van der Waals surface area (Å²) in [5.74, 6) is 4.66. The molecule has 0 aromatic carbocycles. The number of allylic oxidation sites excluding steroid dienone is 8. The van der Waals surface area contributed by atoms with Crippen molar-refractivity contribution in [1.29, 1.82) is 15.8 Å². The smallest absolute Gasteiger partial charge is 0.105 e. The second-order valence-corrected chi connectivity index (χ2v) is 16.0. The van der Waals surface area contributed by atoms with Crippen molar-refractivity contribution in [2.75, 3.05) is 0 Å². The summed E-state index contributed by atoms with van der Waals surface area (Å²) in [5.41, 5.74) is 6.66. The van der Waals surface area contributed by atoms with Gasteiger partial charge >= 0.3 is 0 Å². The molecule has 5 heteroatoms. The molecule has 46 heavy (non-hydrogen) atoms. The highest BCUT2D eigenvalue weighted by atomic mass is 16.5. The molecule has 6 aliphatic carbocycles. The Morgan fingerprint density at radius 3 is 2.33 bits per heavy atom. The first-order valence-electron chi connectivity index (χ1n) is 18.8. The summed E-state index contributed by atoms with van der Waals surface area (Å²) in [4.78, 5) is 3.00. The number of ether oxygens (including phenoxy) is 1. The lowest BCUT2D eigenvalue weighted by Crippen LogP contribution is -2.45. The van der Waals surface area contributed by atoms with Crippen molar-refractivity contribution >= 4 is 0 Å². The van der Waals surface area contributed by atoms with Gasteiger partial charge in [-0.2, -0.15) is 15.8 Å². The lowest BCUT2D eigenvalue weighted by Gasteiger charge is -2.45. The first-order valence-corrected chi connectivity index (χ1v) is 18.8. The Labute approximate surface area is 276 Å². The fourth-order valence-corrected chi connectivity index (χ4v) is 11.1. The van der Waals surface area contributed by atoms with Gasteiger partial charge in [-0.05, 0) is 138 Å². The van der Waals surface area contributed by atoms with E-state index in [9.17, 15) is 15.8 Å². The molecular formula is C41H50N4O. The van der Waals surface area contributed by atoms with Crippen LogP contribution in [0.4, 0.5) is 0 Å². The third kappa shape index (κ3) is 5.55. The van der Waals surface area contributed by atoms with Gasteiger partial charge in [-0.15, -0.1) is 0 Å². The van der Waals surface area contributed by atoms with Crippen LogP contribution in [0.15, 0.2) is 58.6 Å². The van der Waals surface area contributed by atoms with Crippen LogP contribution < -0.4 is 0 Å². The molecule has 0 spiro atoms. The van der Waals surface area contributed by atoms with Crippen LogP contribution in [0.25, 0.3) is 0 Å². The van der Waals surface area contributed by atoms with Crippen LogP contribution in [0, 0.1) is 81.3 Å². The minimum absolute atomic E-state index is 0.0407. The molecule has 0 amide bonds. The van der Waals surface area contributed by atoms with Crippen molar-refractivity contribution in [3.8, 4) is 18.2 Å². The molecule has 2 heterocycles. The molecule has 0 aromatic heterocycles. The molecule has 8 rings (SSSR count). The minimum Gasteiger partial charge on any atom is -0.494 e. The van der Waals surface area contributed by atoms with Gasteiger partial charge in [0, 0.05) is 41.5 Å². The average Bonchev–Trinajstić information content (AvgIpc) is 3.70. The van der Waals surface area contributed by atoms with Crippen LogP contribution in [0.3, 0.4) is 0 Å². The van der Waals surface area contributed by atoms with Crippen molar-refractivity contribution in [1.82, 2.24) is 4.90 Å². The molecule has 2 aliphatic heterocycles. The van der Waals surface area contributed by atoms with Gasteiger partial charge in [0.2, 0.25) is 0 Å². The lowest BCUT2D eigenvalue weighted by molar-refractivity contribution is 0.0450. The van der Waals surface area contributed by atoms with Gasteiger partial charge in [-0.25, -0.2) is 0 Å². The molecule has 0 bridgehead atoms. The fourth-order valence-electron chi connectivity index (χ4n) is 11.1. The van der Waals surface area contributed by atoms with Gasteiger partial charge in [0.1, 0.15) is 6.10 Å². The van der Waals surface area contributed by atoms with E-state index in [2.05, 4.69) is 53.5 Å². The van der Waals surface area contributed by atoms with Crippen LogP contribution in [-0.4, -0.2) is 23.1 Å². The fraction of sp³-hybridized carbons (Fsp3) is 0.683. The van der Waals surface area contributed by atoms with Crippen LogP contribution in [0.1, 0.15) is 109 Å². The Morgan fingerprint density at radius 1 is 0.739 bits per heavy atom. The Morgan fingerprint density at radius 2 is 1.59 bits per heavy atom. The molecule has 240 valence electrons. The zero-order valence-corrected chi connectivity index (χ0v) is 27.5. The molecule has 0 N–H and O–H groups in total. The molecule has 5 nitrogen and oxygen atoms in total. The molecule has 0 saturated heterocycles. The van der Waals surface area contributed by atoms with Gasteiger partial charge in [0.15, 0.2) is 0 Å². The predicted molar refractivity (Wildman–Crippen MR) is 178 cm³/mol. The van der Waals surface area contributed by atoms with Crippen molar-refractivity contribution in [2.24, 2.45) is 47.3 Å². The van der Waals surface area contributed by atoms with E-state index in [0.29, 0.717) is 47.8 Å². The average molecular weight is 615 g/mol. The van der Waals surface area contributed by atoms with Gasteiger partial charge in [-0.1, -0.05) is 29.9 Å². The molecule has 9 unspecified atom stereocenters. The van der Waals surface area contributed by atoms with Gasteiger partial charge in [0.25, 0.3) is 0 Å². The van der Waals surface area contributed by atoms with Crippen molar-refractivity contribution in [3.05, 3.63) is 58.6 Å². The Balaban J connectivity index is 0.991. The predicted octanol–water partition coefficient (Wildman–Crippen LogP) is 9.20. The number of hydrogen-bond donors (Lipinski definition) is 0. The third-order valence-electron chi connectivity index (χ3n) is 13.6. The van der Waals surface area contributed by atoms with E-state index in [4.69, 9.17) is 4.74 Å². The van der Waals surface area contributed by atoms with Crippen LogP contribution in [0.5, 0.6) is 0 Å². The molecule has 3 fully saturated rings. The highest BCUT2D eigenvalue weighted by Crippen LogP contribution is 2.55. The number of fused-ring (bicyclic) bond motifs is 3. The number of nitrogens with zero attached hydrogens (tertiary/aromatic N) is 4.